The first-order valence-electron chi connectivity index (χ1n) is 5.38. The summed E-state index contributed by atoms with van der Waals surface area (Å²) in [4.78, 5) is 0. The molecular weight excluding hydrogens is 182 g/mol. The Kier molecular flexibility index (Phi) is 3.52. The Balaban J connectivity index is 1.75. The summed E-state index contributed by atoms with van der Waals surface area (Å²) in [6.07, 6.45) is 5.86. The van der Waals surface area contributed by atoms with Crippen LogP contribution in [0.5, 0.6) is 0 Å². The molecular formula is C10H19NOS. The first-order chi connectivity index (χ1) is 6.36. The zero-order valence-electron chi connectivity index (χ0n) is 8.04. The van der Waals surface area contributed by atoms with Crippen molar-refractivity contribution in [3.63, 3.8) is 0 Å². The Morgan fingerprint density at radius 1 is 1.08 bits per heavy atom. The van der Waals surface area contributed by atoms with Gasteiger partial charge in [-0.3, -0.25) is 0 Å². The molecule has 2 nitrogen and oxygen atoms in total. The van der Waals surface area contributed by atoms with Crippen LogP contribution in [0.1, 0.15) is 32.1 Å². The van der Waals surface area contributed by atoms with E-state index in [9.17, 15) is 5.11 Å². The minimum absolute atomic E-state index is 0.0745. The zero-order valence-corrected chi connectivity index (χ0v) is 8.85. The van der Waals surface area contributed by atoms with Crippen LogP contribution in [0.25, 0.3) is 0 Å². The highest BCUT2D eigenvalue weighted by Crippen LogP contribution is 2.23. The van der Waals surface area contributed by atoms with Gasteiger partial charge in [-0.1, -0.05) is 0 Å². The molecule has 2 N–H and O–H groups in total. The normalized spacial score (nSPS) is 36.7. The Hall–Kier alpha value is 0.270. The molecule has 1 aliphatic carbocycles. The quantitative estimate of drug-likeness (QED) is 0.708. The van der Waals surface area contributed by atoms with E-state index in [0.717, 1.165) is 6.42 Å². The van der Waals surface area contributed by atoms with Crippen molar-refractivity contribution in [1.82, 2.24) is 5.32 Å². The maximum Gasteiger partial charge on any atom is 0.0693 e. The molecule has 1 saturated carbocycles. The van der Waals surface area contributed by atoms with Crippen LogP contribution in [-0.2, 0) is 0 Å². The first kappa shape index (κ1) is 9.81. The van der Waals surface area contributed by atoms with Gasteiger partial charge in [0.05, 0.1) is 6.10 Å². The molecule has 2 aliphatic rings. The van der Waals surface area contributed by atoms with Gasteiger partial charge in [0.25, 0.3) is 0 Å². The van der Waals surface area contributed by atoms with E-state index in [1.165, 1.54) is 37.2 Å². The van der Waals surface area contributed by atoms with Crippen molar-refractivity contribution in [2.75, 3.05) is 11.5 Å². The van der Waals surface area contributed by atoms with E-state index < -0.39 is 0 Å². The Morgan fingerprint density at radius 2 is 1.85 bits per heavy atom. The molecule has 1 aliphatic heterocycles. The van der Waals surface area contributed by atoms with Crippen LogP contribution in [0.2, 0.25) is 0 Å². The molecule has 0 amide bonds. The number of rotatable bonds is 2. The van der Waals surface area contributed by atoms with Crippen molar-refractivity contribution >= 4 is 11.8 Å². The van der Waals surface area contributed by atoms with Crippen LogP contribution in [0.3, 0.4) is 0 Å². The van der Waals surface area contributed by atoms with E-state index in [2.05, 4.69) is 17.1 Å². The third-order valence-corrected chi connectivity index (χ3v) is 4.20. The summed E-state index contributed by atoms with van der Waals surface area (Å²) in [7, 11) is 0. The fraction of sp³-hybridized carbons (Fsp3) is 1.00. The third kappa shape index (κ3) is 2.61. The van der Waals surface area contributed by atoms with Gasteiger partial charge in [-0.25, -0.2) is 0 Å². The fourth-order valence-corrected chi connectivity index (χ4v) is 3.41. The maximum absolute atomic E-state index is 9.65. The van der Waals surface area contributed by atoms with Gasteiger partial charge in [-0.05, 0) is 43.6 Å². The topological polar surface area (TPSA) is 32.3 Å². The second-order valence-electron chi connectivity index (χ2n) is 4.16. The van der Waals surface area contributed by atoms with E-state index in [1.807, 2.05) is 0 Å². The predicted octanol–water partition coefficient (Wildman–Crippen LogP) is 1.39. The minimum atomic E-state index is -0.0745. The molecule has 0 bridgehead atoms. The molecule has 0 aromatic rings. The first-order valence-corrected chi connectivity index (χ1v) is 6.53. The molecule has 1 saturated heterocycles. The van der Waals surface area contributed by atoms with Crippen LogP contribution in [0, 0.1) is 0 Å². The molecule has 0 aromatic carbocycles. The summed E-state index contributed by atoms with van der Waals surface area (Å²) >= 11 is 2.05. The number of hydrogen-bond acceptors (Lipinski definition) is 3. The summed E-state index contributed by atoms with van der Waals surface area (Å²) < 4.78 is 0. The molecule has 2 rings (SSSR count). The van der Waals surface area contributed by atoms with Gasteiger partial charge in [-0.15, -0.1) is 0 Å². The van der Waals surface area contributed by atoms with Gasteiger partial charge in [0, 0.05) is 12.1 Å². The molecule has 2 unspecified atom stereocenters. The van der Waals surface area contributed by atoms with Crippen molar-refractivity contribution in [3.8, 4) is 0 Å². The van der Waals surface area contributed by atoms with Crippen molar-refractivity contribution in [2.24, 2.45) is 0 Å². The summed E-state index contributed by atoms with van der Waals surface area (Å²) in [5.41, 5.74) is 0. The summed E-state index contributed by atoms with van der Waals surface area (Å²) in [6, 6.07) is 1.08. The fourth-order valence-electron chi connectivity index (χ4n) is 2.30. The van der Waals surface area contributed by atoms with Crippen molar-refractivity contribution in [3.05, 3.63) is 0 Å². The van der Waals surface area contributed by atoms with Crippen molar-refractivity contribution < 1.29 is 5.11 Å². The average Bonchev–Trinajstić information content (AvgIpc) is 2.54. The van der Waals surface area contributed by atoms with Crippen LogP contribution in [0.15, 0.2) is 0 Å². The molecule has 2 atom stereocenters. The van der Waals surface area contributed by atoms with Crippen LogP contribution < -0.4 is 5.32 Å². The van der Waals surface area contributed by atoms with E-state index in [1.54, 1.807) is 0 Å². The van der Waals surface area contributed by atoms with Crippen LogP contribution in [0.4, 0.5) is 0 Å². The highest BCUT2D eigenvalue weighted by atomic mass is 32.2. The van der Waals surface area contributed by atoms with Gasteiger partial charge < -0.3 is 10.4 Å². The Bertz CT molecular complexity index is 159. The number of nitrogens with one attached hydrogen (secondary N) is 1. The lowest BCUT2D eigenvalue weighted by Gasteiger charge is -2.27. The number of aliphatic hydroxyl groups is 1. The molecule has 1 heterocycles. The van der Waals surface area contributed by atoms with E-state index >= 15 is 0 Å². The zero-order chi connectivity index (χ0) is 9.10. The molecule has 2 fully saturated rings. The second kappa shape index (κ2) is 4.67. The predicted molar refractivity (Wildman–Crippen MR) is 57.1 cm³/mol. The lowest BCUT2D eigenvalue weighted by atomic mass is 10.1. The van der Waals surface area contributed by atoms with E-state index in [-0.39, 0.29) is 6.10 Å². The number of thioether (sulfide) groups is 1. The van der Waals surface area contributed by atoms with Gasteiger partial charge in [0.15, 0.2) is 0 Å². The van der Waals surface area contributed by atoms with Crippen LogP contribution in [-0.4, -0.2) is 34.8 Å². The number of aliphatic hydroxyl groups excluding tert-OH is 1. The van der Waals surface area contributed by atoms with E-state index in [4.69, 9.17) is 0 Å². The molecule has 3 heteroatoms. The summed E-state index contributed by atoms with van der Waals surface area (Å²) in [5, 5.41) is 13.3. The summed E-state index contributed by atoms with van der Waals surface area (Å²) in [6.45, 7) is 0. The smallest absolute Gasteiger partial charge is 0.0693 e. The maximum atomic E-state index is 9.65. The monoisotopic (exact) mass is 201 g/mol. The second-order valence-corrected chi connectivity index (χ2v) is 5.38. The molecule has 0 radical (unpaired) electrons. The number of hydrogen-bond donors (Lipinski definition) is 2. The lowest BCUT2D eigenvalue weighted by molar-refractivity contribution is 0.141. The molecule has 0 aromatic heterocycles. The Morgan fingerprint density at radius 3 is 2.46 bits per heavy atom. The average molecular weight is 201 g/mol. The highest BCUT2D eigenvalue weighted by molar-refractivity contribution is 7.99. The Labute approximate surface area is 84.5 Å². The van der Waals surface area contributed by atoms with Gasteiger partial charge in [0.1, 0.15) is 0 Å². The largest absolute Gasteiger partial charge is 0.392 e. The minimum Gasteiger partial charge on any atom is -0.392 e. The van der Waals surface area contributed by atoms with Crippen molar-refractivity contribution in [2.45, 2.75) is 50.3 Å². The SMILES string of the molecule is OC1CCCC1NC1CCSCC1. The van der Waals surface area contributed by atoms with Gasteiger partial charge in [-0.2, -0.15) is 11.8 Å². The van der Waals surface area contributed by atoms with Crippen molar-refractivity contribution in [1.29, 1.82) is 0 Å². The molecule has 76 valence electrons. The molecule has 13 heavy (non-hydrogen) atoms. The van der Waals surface area contributed by atoms with Gasteiger partial charge in [0.2, 0.25) is 0 Å². The highest BCUT2D eigenvalue weighted by Gasteiger charge is 2.27. The third-order valence-electron chi connectivity index (χ3n) is 3.15. The van der Waals surface area contributed by atoms with Crippen LogP contribution >= 0.6 is 11.8 Å². The van der Waals surface area contributed by atoms with E-state index in [0.29, 0.717) is 12.1 Å². The molecule has 0 spiro atoms. The van der Waals surface area contributed by atoms with Gasteiger partial charge >= 0.3 is 0 Å². The standard InChI is InChI=1S/C10H19NOS/c12-10-3-1-2-9(10)11-8-4-6-13-7-5-8/h8-12H,1-7H2. The summed E-state index contributed by atoms with van der Waals surface area (Å²) in [5.74, 6) is 2.58. The lowest BCUT2D eigenvalue weighted by Crippen LogP contribution is -2.44.